The van der Waals surface area contributed by atoms with Crippen molar-refractivity contribution >= 4 is 17.4 Å². The maximum Gasteiger partial charge on any atom is 0.319 e. The molecule has 110 valence electrons. The van der Waals surface area contributed by atoms with Crippen LogP contribution >= 0.6 is 0 Å². The highest BCUT2D eigenvalue weighted by molar-refractivity contribution is 6.06. The normalized spacial score (nSPS) is 21.2. The van der Waals surface area contributed by atoms with Crippen molar-refractivity contribution in [2.75, 3.05) is 7.11 Å². The smallest absolute Gasteiger partial charge is 0.319 e. The average molecular weight is 290 g/mol. The molecule has 1 N–H and O–H groups in total. The number of rotatable bonds is 3. The maximum absolute atomic E-state index is 12.1. The van der Waals surface area contributed by atoms with E-state index in [0.717, 1.165) is 0 Å². The summed E-state index contributed by atoms with van der Waals surface area (Å²) in [6.07, 6.45) is 1.33. The van der Waals surface area contributed by atoms with Gasteiger partial charge in [0.2, 0.25) is 0 Å². The lowest BCUT2D eigenvalue weighted by atomic mass is 9.86. The Hall–Kier alpha value is -2.70. The Labute approximate surface area is 120 Å². The van der Waals surface area contributed by atoms with Crippen molar-refractivity contribution in [3.05, 3.63) is 51.7 Å². The molecule has 2 atom stereocenters. The van der Waals surface area contributed by atoms with Crippen LogP contribution in [0, 0.1) is 16.0 Å². The number of methoxy groups -OCH3 is 1. The number of non-ortho nitro benzene ring substituents is 1. The van der Waals surface area contributed by atoms with Gasteiger partial charge in [-0.25, -0.2) is 0 Å². The molecular formula is C14H14N2O5. The summed E-state index contributed by atoms with van der Waals surface area (Å²) in [6.45, 7) is 1.69. The van der Waals surface area contributed by atoms with E-state index in [1.54, 1.807) is 13.0 Å². The van der Waals surface area contributed by atoms with Crippen molar-refractivity contribution in [2.24, 2.45) is 5.92 Å². The van der Waals surface area contributed by atoms with Crippen LogP contribution in [0.15, 0.2) is 36.0 Å². The van der Waals surface area contributed by atoms with Crippen molar-refractivity contribution in [3.63, 3.8) is 0 Å². The van der Waals surface area contributed by atoms with Gasteiger partial charge in [0, 0.05) is 23.9 Å². The quantitative estimate of drug-likeness (QED) is 0.392. The average Bonchev–Trinajstić information content (AvgIpc) is 2.45. The molecule has 7 heteroatoms. The van der Waals surface area contributed by atoms with E-state index in [-0.39, 0.29) is 11.5 Å². The number of allylic oxidation sites excluding steroid dienone is 2. The topological polar surface area (TPSA) is 98.5 Å². The van der Waals surface area contributed by atoms with Gasteiger partial charge < -0.3 is 10.1 Å². The van der Waals surface area contributed by atoms with Crippen LogP contribution in [0.25, 0.3) is 0 Å². The van der Waals surface area contributed by atoms with Gasteiger partial charge in [-0.3, -0.25) is 19.7 Å². The molecule has 2 rings (SSSR count). The Morgan fingerprint density at radius 3 is 2.76 bits per heavy atom. The molecule has 1 aromatic carbocycles. The second kappa shape index (κ2) is 5.74. The van der Waals surface area contributed by atoms with Crippen LogP contribution in [0.2, 0.25) is 0 Å². The zero-order valence-corrected chi connectivity index (χ0v) is 11.5. The van der Waals surface area contributed by atoms with Gasteiger partial charge in [-0.15, -0.1) is 0 Å². The first kappa shape index (κ1) is 14.7. The fourth-order valence-electron chi connectivity index (χ4n) is 2.32. The van der Waals surface area contributed by atoms with Crippen molar-refractivity contribution in [1.82, 2.24) is 5.32 Å². The second-order valence-corrected chi connectivity index (χ2v) is 4.70. The largest absolute Gasteiger partial charge is 0.468 e. The van der Waals surface area contributed by atoms with Crippen molar-refractivity contribution < 1.29 is 19.2 Å². The molecule has 0 saturated heterocycles. The van der Waals surface area contributed by atoms with Crippen LogP contribution in [-0.2, 0) is 14.3 Å². The SMILES string of the molecule is COC(=O)[C@H]1C(=O)C=C(C)N[C@@H]1c1cccc([N+](=O)[O-])c1. The van der Waals surface area contributed by atoms with Gasteiger partial charge in [0.25, 0.3) is 5.69 Å². The number of ether oxygens (including phenoxy) is 1. The van der Waals surface area contributed by atoms with E-state index in [2.05, 4.69) is 10.1 Å². The van der Waals surface area contributed by atoms with E-state index >= 15 is 0 Å². The third kappa shape index (κ3) is 2.91. The van der Waals surface area contributed by atoms with Gasteiger partial charge in [-0.1, -0.05) is 12.1 Å². The van der Waals surface area contributed by atoms with Gasteiger partial charge in [0.05, 0.1) is 18.1 Å². The zero-order valence-electron chi connectivity index (χ0n) is 11.5. The number of nitro benzene ring substituents is 1. The lowest BCUT2D eigenvalue weighted by Crippen LogP contribution is -2.41. The van der Waals surface area contributed by atoms with Crippen molar-refractivity contribution in [2.45, 2.75) is 13.0 Å². The number of nitro groups is 1. The third-order valence-electron chi connectivity index (χ3n) is 3.28. The summed E-state index contributed by atoms with van der Waals surface area (Å²) in [5.41, 5.74) is 0.981. The van der Waals surface area contributed by atoms with Gasteiger partial charge in [-0.05, 0) is 12.5 Å². The molecule has 1 aliphatic heterocycles. The monoisotopic (exact) mass is 290 g/mol. The summed E-state index contributed by atoms with van der Waals surface area (Å²) in [5.74, 6) is -2.11. The molecule has 21 heavy (non-hydrogen) atoms. The molecule has 0 fully saturated rings. The molecule has 0 aliphatic carbocycles. The molecule has 1 aromatic rings. The highest BCUT2D eigenvalue weighted by Crippen LogP contribution is 2.30. The number of carbonyl (C=O) groups excluding carboxylic acids is 2. The van der Waals surface area contributed by atoms with E-state index in [4.69, 9.17) is 0 Å². The van der Waals surface area contributed by atoms with Gasteiger partial charge in [0.15, 0.2) is 5.78 Å². The molecule has 1 aliphatic rings. The Balaban J connectivity index is 2.46. The first-order valence-electron chi connectivity index (χ1n) is 6.25. The van der Waals surface area contributed by atoms with Crippen LogP contribution in [-0.4, -0.2) is 23.8 Å². The Morgan fingerprint density at radius 2 is 2.14 bits per heavy atom. The van der Waals surface area contributed by atoms with Crippen LogP contribution in [0.4, 0.5) is 5.69 Å². The lowest BCUT2D eigenvalue weighted by molar-refractivity contribution is -0.384. The number of esters is 1. The number of nitrogens with one attached hydrogen (secondary N) is 1. The Kier molecular flexibility index (Phi) is 4.02. The molecule has 0 aromatic heterocycles. The molecule has 7 nitrogen and oxygen atoms in total. The fraction of sp³-hybridized carbons (Fsp3) is 0.286. The fourth-order valence-corrected chi connectivity index (χ4v) is 2.32. The second-order valence-electron chi connectivity index (χ2n) is 4.70. The van der Waals surface area contributed by atoms with E-state index in [1.807, 2.05) is 0 Å². The molecule has 0 saturated carbocycles. The summed E-state index contributed by atoms with van der Waals surface area (Å²) < 4.78 is 4.66. The number of nitrogens with zero attached hydrogens (tertiary/aromatic N) is 1. The molecule has 0 bridgehead atoms. The van der Waals surface area contributed by atoms with Gasteiger partial charge >= 0.3 is 5.97 Å². The van der Waals surface area contributed by atoms with E-state index in [0.29, 0.717) is 11.3 Å². The predicted octanol–water partition coefficient (Wildman–Crippen LogP) is 1.50. The number of hydrogen-bond acceptors (Lipinski definition) is 6. The first-order valence-corrected chi connectivity index (χ1v) is 6.25. The highest BCUT2D eigenvalue weighted by atomic mass is 16.6. The van der Waals surface area contributed by atoms with E-state index < -0.39 is 22.9 Å². The minimum Gasteiger partial charge on any atom is -0.468 e. The maximum atomic E-state index is 12.1. The lowest BCUT2D eigenvalue weighted by Gasteiger charge is -2.29. The summed E-state index contributed by atoms with van der Waals surface area (Å²) in [7, 11) is 1.20. The van der Waals surface area contributed by atoms with E-state index in [1.165, 1.54) is 31.4 Å². The van der Waals surface area contributed by atoms with Crippen LogP contribution < -0.4 is 5.32 Å². The minimum atomic E-state index is -1.05. The van der Waals surface area contributed by atoms with Gasteiger partial charge in [0.1, 0.15) is 5.92 Å². The molecule has 1 heterocycles. The number of benzene rings is 1. The number of hydrogen-bond donors (Lipinski definition) is 1. The number of carbonyl (C=O) groups is 2. The summed E-state index contributed by atoms with van der Waals surface area (Å²) >= 11 is 0. The molecule has 0 radical (unpaired) electrons. The van der Waals surface area contributed by atoms with Crippen LogP contribution in [0.3, 0.4) is 0 Å². The molecule has 0 unspecified atom stereocenters. The Bertz CT molecular complexity index is 638. The minimum absolute atomic E-state index is 0.0995. The predicted molar refractivity (Wildman–Crippen MR) is 73.2 cm³/mol. The Morgan fingerprint density at radius 1 is 1.43 bits per heavy atom. The van der Waals surface area contributed by atoms with Crippen LogP contribution in [0.1, 0.15) is 18.5 Å². The highest BCUT2D eigenvalue weighted by Gasteiger charge is 2.38. The molecule has 0 amide bonds. The molecule has 0 spiro atoms. The number of ketones is 1. The summed E-state index contributed by atoms with van der Waals surface area (Å²) in [4.78, 5) is 34.2. The summed E-state index contributed by atoms with van der Waals surface area (Å²) in [5, 5.41) is 13.9. The zero-order chi connectivity index (χ0) is 15.6. The first-order chi connectivity index (χ1) is 9.93. The van der Waals surface area contributed by atoms with Crippen LogP contribution in [0.5, 0.6) is 0 Å². The van der Waals surface area contributed by atoms with Crippen molar-refractivity contribution in [3.8, 4) is 0 Å². The standard InChI is InChI=1S/C14H14N2O5/c1-8-6-11(17)12(14(18)21-2)13(15-8)9-4-3-5-10(7-9)16(19)20/h3-7,12-13,15H,1-2H3/t12-,13+/m0/s1. The van der Waals surface area contributed by atoms with Crippen molar-refractivity contribution in [1.29, 1.82) is 0 Å². The third-order valence-corrected chi connectivity index (χ3v) is 3.28. The van der Waals surface area contributed by atoms with Gasteiger partial charge in [-0.2, -0.15) is 0 Å². The summed E-state index contributed by atoms with van der Waals surface area (Å²) in [6, 6.07) is 5.16. The molecular weight excluding hydrogens is 276 g/mol. The van der Waals surface area contributed by atoms with E-state index in [9.17, 15) is 19.7 Å².